The molecule has 128 valence electrons. The van der Waals surface area contributed by atoms with Gasteiger partial charge in [-0.1, -0.05) is 13.8 Å². The zero-order chi connectivity index (χ0) is 17.6. The van der Waals surface area contributed by atoms with Gasteiger partial charge in [-0.25, -0.2) is 4.79 Å². The molecular formula is C16H23NO5S. The Morgan fingerprint density at radius 2 is 1.96 bits per heavy atom. The molecule has 6 nitrogen and oxygen atoms in total. The molecule has 23 heavy (non-hydrogen) atoms. The van der Waals surface area contributed by atoms with Crippen LogP contribution in [-0.2, 0) is 14.3 Å². The van der Waals surface area contributed by atoms with Gasteiger partial charge in [0.25, 0.3) is 0 Å². The van der Waals surface area contributed by atoms with Gasteiger partial charge in [0.15, 0.2) is 0 Å². The van der Waals surface area contributed by atoms with Crippen molar-refractivity contribution in [3.8, 4) is 0 Å². The van der Waals surface area contributed by atoms with E-state index in [0.717, 1.165) is 16.9 Å². The molecule has 1 aromatic rings. The minimum Gasteiger partial charge on any atom is -0.481 e. The van der Waals surface area contributed by atoms with E-state index in [2.05, 4.69) is 5.32 Å². The van der Waals surface area contributed by atoms with Gasteiger partial charge in [-0.15, -0.1) is 11.3 Å². The van der Waals surface area contributed by atoms with Crippen LogP contribution in [0.25, 0.3) is 0 Å². The maximum absolute atomic E-state index is 12.2. The van der Waals surface area contributed by atoms with E-state index in [1.165, 1.54) is 0 Å². The molecule has 0 bridgehead atoms. The Balaban J connectivity index is 2.76. The van der Waals surface area contributed by atoms with Crippen LogP contribution in [0.5, 0.6) is 0 Å². The third-order valence-electron chi connectivity index (χ3n) is 3.66. The van der Waals surface area contributed by atoms with Crippen molar-refractivity contribution >= 4 is 34.2 Å². The molecule has 0 spiro atoms. The topological polar surface area (TPSA) is 92.7 Å². The van der Waals surface area contributed by atoms with E-state index in [4.69, 9.17) is 9.84 Å². The smallest absolute Gasteiger partial charge is 0.348 e. The monoisotopic (exact) mass is 341 g/mol. The van der Waals surface area contributed by atoms with Gasteiger partial charge in [-0.3, -0.25) is 9.59 Å². The van der Waals surface area contributed by atoms with Crippen molar-refractivity contribution in [2.75, 3.05) is 11.9 Å². The Labute approximate surface area is 139 Å². The van der Waals surface area contributed by atoms with Crippen molar-refractivity contribution < 1.29 is 24.2 Å². The number of anilines is 1. The standard InChI is InChI=1S/C16H23NO5S/c1-5-16(4,9-13(19)20)8-11(18)17-12-7-10(3)14(23-12)15(21)22-6-2/h7H,5-6,8-9H2,1-4H3,(H,17,18)(H,19,20)/t16-/m0/s1. The average molecular weight is 341 g/mol. The summed E-state index contributed by atoms with van der Waals surface area (Å²) in [6, 6.07) is 1.72. The highest BCUT2D eigenvalue weighted by Crippen LogP contribution is 2.32. The summed E-state index contributed by atoms with van der Waals surface area (Å²) in [7, 11) is 0. The highest BCUT2D eigenvalue weighted by molar-refractivity contribution is 7.18. The number of carbonyl (C=O) groups is 3. The van der Waals surface area contributed by atoms with E-state index in [1.807, 2.05) is 6.92 Å². The summed E-state index contributed by atoms with van der Waals surface area (Å²) in [5.74, 6) is -1.58. The van der Waals surface area contributed by atoms with Crippen LogP contribution in [0.2, 0.25) is 0 Å². The van der Waals surface area contributed by atoms with Crippen LogP contribution in [0.3, 0.4) is 0 Å². The quantitative estimate of drug-likeness (QED) is 0.706. The first-order chi connectivity index (χ1) is 10.7. The molecule has 0 unspecified atom stereocenters. The predicted octanol–water partition coefficient (Wildman–Crippen LogP) is 3.45. The number of carbonyl (C=O) groups excluding carboxylic acids is 2. The number of aliphatic carboxylic acids is 1. The lowest BCUT2D eigenvalue weighted by Gasteiger charge is -2.25. The molecular weight excluding hydrogens is 318 g/mol. The fourth-order valence-corrected chi connectivity index (χ4v) is 3.17. The third-order valence-corrected chi connectivity index (χ3v) is 4.79. The Morgan fingerprint density at radius 1 is 1.30 bits per heavy atom. The second-order valence-corrected chi connectivity index (χ2v) is 6.86. The zero-order valence-corrected chi connectivity index (χ0v) is 14.7. The van der Waals surface area contributed by atoms with Crippen LogP contribution in [-0.4, -0.2) is 29.6 Å². The number of carboxylic acids is 1. The summed E-state index contributed by atoms with van der Waals surface area (Å²) in [5.41, 5.74) is 0.152. The lowest BCUT2D eigenvalue weighted by molar-refractivity contribution is -0.140. The molecule has 1 rings (SSSR count). The first-order valence-corrected chi connectivity index (χ1v) is 8.31. The first-order valence-electron chi connectivity index (χ1n) is 7.50. The fraction of sp³-hybridized carbons (Fsp3) is 0.562. The van der Waals surface area contributed by atoms with Gasteiger partial charge in [-0.2, -0.15) is 0 Å². The van der Waals surface area contributed by atoms with Crippen molar-refractivity contribution in [2.24, 2.45) is 5.41 Å². The van der Waals surface area contributed by atoms with Crippen molar-refractivity contribution in [2.45, 2.75) is 47.0 Å². The van der Waals surface area contributed by atoms with Gasteiger partial charge < -0.3 is 15.2 Å². The molecule has 0 aliphatic rings. The number of hydrogen-bond donors (Lipinski definition) is 2. The minimum absolute atomic E-state index is 0.0610. The van der Waals surface area contributed by atoms with E-state index in [-0.39, 0.29) is 18.7 Å². The van der Waals surface area contributed by atoms with E-state index in [9.17, 15) is 14.4 Å². The number of aryl methyl sites for hydroxylation is 1. The third kappa shape index (κ3) is 5.67. The normalized spacial score (nSPS) is 13.2. The Bertz CT molecular complexity index is 595. The molecule has 1 heterocycles. The van der Waals surface area contributed by atoms with Crippen molar-refractivity contribution in [1.82, 2.24) is 0 Å². The van der Waals surface area contributed by atoms with E-state index in [0.29, 0.717) is 22.9 Å². The van der Waals surface area contributed by atoms with E-state index >= 15 is 0 Å². The van der Waals surface area contributed by atoms with Crippen LogP contribution < -0.4 is 5.32 Å². The summed E-state index contributed by atoms with van der Waals surface area (Å²) in [6.07, 6.45) is 0.639. The number of amides is 1. The van der Waals surface area contributed by atoms with Crippen LogP contribution in [0, 0.1) is 12.3 Å². The highest BCUT2D eigenvalue weighted by atomic mass is 32.1. The molecule has 0 aliphatic carbocycles. The fourth-order valence-electron chi connectivity index (χ4n) is 2.19. The number of rotatable bonds is 8. The molecule has 1 atom stereocenters. The van der Waals surface area contributed by atoms with Gasteiger partial charge in [-0.05, 0) is 37.3 Å². The molecule has 0 saturated carbocycles. The summed E-state index contributed by atoms with van der Waals surface area (Å²) < 4.78 is 4.96. The van der Waals surface area contributed by atoms with Crippen LogP contribution >= 0.6 is 11.3 Å². The number of nitrogens with one attached hydrogen (secondary N) is 1. The number of esters is 1. The van der Waals surface area contributed by atoms with Gasteiger partial charge in [0.05, 0.1) is 18.0 Å². The minimum atomic E-state index is -0.918. The maximum Gasteiger partial charge on any atom is 0.348 e. The largest absolute Gasteiger partial charge is 0.481 e. The van der Waals surface area contributed by atoms with E-state index in [1.54, 1.807) is 26.8 Å². The molecule has 0 aliphatic heterocycles. The zero-order valence-electron chi connectivity index (χ0n) is 13.9. The second-order valence-electron chi connectivity index (χ2n) is 5.80. The number of hydrogen-bond acceptors (Lipinski definition) is 5. The molecule has 1 amide bonds. The molecule has 0 fully saturated rings. The number of thiophene rings is 1. The first kappa shape index (κ1) is 19.2. The molecule has 1 aromatic heterocycles. The second kappa shape index (κ2) is 8.10. The molecule has 2 N–H and O–H groups in total. The van der Waals surface area contributed by atoms with Crippen LogP contribution in [0.15, 0.2) is 6.07 Å². The number of ether oxygens (including phenoxy) is 1. The average Bonchev–Trinajstić information content (AvgIpc) is 2.78. The van der Waals surface area contributed by atoms with Gasteiger partial charge in [0.2, 0.25) is 5.91 Å². The molecule has 0 saturated heterocycles. The number of carboxylic acid groups (broad SMARTS) is 1. The maximum atomic E-state index is 12.2. The summed E-state index contributed by atoms with van der Waals surface area (Å²) >= 11 is 1.16. The molecule has 0 aromatic carbocycles. The molecule has 0 radical (unpaired) electrons. The SMILES string of the molecule is CCOC(=O)c1sc(NC(=O)C[C@](C)(CC)CC(=O)O)cc1C. The Kier molecular flexibility index (Phi) is 6.75. The van der Waals surface area contributed by atoms with Crippen molar-refractivity contribution in [3.05, 3.63) is 16.5 Å². The van der Waals surface area contributed by atoms with Gasteiger partial charge >= 0.3 is 11.9 Å². The Morgan fingerprint density at radius 3 is 2.48 bits per heavy atom. The van der Waals surface area contributed by atoms with E-state index < -0.39 is 17.4 Å². The Hall–Kier alpha value is -1.89. The molecule has 7 heteroatoms. The lowest BCUT2D eigenvalue weighted by atomic mass is 9.80. The van der Waals surface area contributed by atoms with Crippen molar-refractivity contribution in [3.63, 3.8) is 0 Å². The summed E-state index contributed by atoms with van der Waals surface area (Å²) in [6.45, 7) is 7.45. The lowest BCUT2D eigenvalue weighted by Crippen LogP contribution is -2.26. The predicted molar refractivity (Wildman–Crippen MR) is 88.9 cm³/mol. The van der Waals surface area contributed by atoms with Crippen LogP contribution in [0.1, 0.15) is 55.3 Å². The van der Waals surface area contributed by atoms with Gasteiger partial charge in [0.1, 0.15) is 4.88 Å². The van der Waals surface area contributed by atoms with Crippen LogP contribution in [0.4, 0.5) is 5.00 Å². The summed E-state index contributed by atoms with van der Waals surface area (Å²) in [4.78, 5) is 35.3. The van der Waals surface area contributed by atoms with Crippen molar-refractivity contribution in [1.29, 1.82) is 0 Å². The highest BCUT2D eigenvalue weighted by Gasteiger charge is 2.29. The van der Waals surface area contributed by atoms with Gasteiger partial charge in [0, 0.05) is 6.42 Å². The summed E-state index contributed by atoms with van der Waals surface area (Å²) in [5, 5.41) is 12.3.